The lowest BCUT2D eigenvalue weighted by atomic mass is 10.00. The van der Waals surface area contributed by atoms with Gasteiger partial charge in [-0.1, -0.05) is 17.9 Å². The van der Waals surface area contributed by atoms with Crippen LogP contribution in [0.15, 0.2) is 35.9 Å². The molecular weight excluding hydrogens is 290 g/mol. The van der Waals surface area contributed by atoms with Gasteiger partial charge in [0, 0.05) is 5.69 Å². The van der Waals surface area contributed by atoms with E-state index in [9.17, 15) is 4.79 Å². The minimum absolute atomic E-state index is 0.337. The van der Waals surface area contributed by atoms with Gasteiger partial charge >= 0.3 is 5.97 Å². The van der Waals surface area contributed by atoms with E-state index in [1.54, 1.807) is 14.0 Å². The average molecular weight is 313 g/mol. The second-order valence-electron chi connectivity index (χ2n) is 5.30. The zero-order chi connectivity index (χ0) is 16.5. The van der Waals surface area contributed by atoms with Crippen LogP contribution in [0.25, 0.3) is 0 Å². The Morgan fingerprint density at radius 3 is 2.70 bits per heavy atom. The predicted molar refractivity (Wildman–Crippen MR) is 91.4 cm³/mol. The molecule has 2 rings (SSSR count). The largest absolute Gasteiger partial charge is 0.497 e. The molecule has 0 heterocycles. The zero-order valence-electron chi connectivity index (χ0n) is 13.7. The van der Waals surface area contributed by atoms with Crippen molar-refractivity contribution in [2.24, 2.45) is 0 Å². The number of carbonyl (C=O) groups excluding carboxylic acids is 1. The highest BCUT2D eigenvalue weighted by molar-refractivity contribution is 5.83. The number of ether oxygens (including phenoxy) is 2. The van der Waals surface area contributed by atoms with E-state index < -0.39 is 6.04 Å². The summed E-state index contributed by atoms with van der Waals surface area (Å²) in [7, 11) is 1.62. The van der Waals surface area contributed by atoms with Crippen molar-refractivity contribution >= 4 is 11.7 Å². The van der Waals surface area contributed by atoms with E-state index in [0.717, 1.165) is 36.3 Å². The Hall–Kier alpha value is -2.41. The summed E-state index contributed by atoms with van der Waals surface area (Å²) in [5, 5.41) is 3.12. The molecule has 122 valence electrons. The highest BCUT2D eigenvalue weighted by Gasteiger charge is 2.17. The number of esters is 1. The topological polar surface area (TPSA) is 47.6 Å². The van der Waals surface area contributed by atoms with Crippen LogP contribution in [0.3, 0.4) is 0 Å². The van der Waals surface area contributed by atoms with Crippen LogP contribution in [0, 0.1) is 11.8 Å². The zero-order valence-corrected chi connectivity index (χ0v) is 13.7. The number of rotatable bonds is 5. The molecular formula is C19H23NO3. The average Bonchev–Trinajstić information content (AvgIpc) is 2.60. The van der Waals surface area contributed by atoms with Crippen molar-refractivity contribution in [1.29, 1.82) is 0 Å². The standard InChI is InChI=1S/C19H23NO3/c1-3-23-19(21)18(14-9-15-7-5-4-6-8-15)20-16-10-12-17(22-2)13-11-16/h7,10-13,18,20H,3-6,8H2,1-2H3/t18-/m0/s1. The fraction of sp³-hybridized carbons (Fsp3) is 0.421. The minimum Gasteiger partial charge on any atom is -0.497 e. The van der Waals surface area contributed by atoms with E-state index in [2.05, 4.69) is 23.2 Å². The van der Waals surface area contributed by atoms with Crippen molar-refractivity contribution in [2.75, 3.05) is 19.0 Å². The van der Waals surface area contributed by atoms with Gasteiger partial charge in [-0.3, -0.25) is 0 Å². The molecule has 1 aromatic carbocycles. The van der Waals surface area contributed by atoms with Crippen LogP contribution in [0.4, 0.5) is 5.69 Å². The smallest absolute Gasteiger partial charge is 0.341 e. The number of hydrogen-bond donors (Lipinski definition) is 1. The van der Waals surface area contributed by atoms with Crippen molar-refractivity contribution in [1.82, 2.24) is 0 Å². The van der Waals surface area contributed by atoms with Crippen LogP contribution in [-0.2, 0) is 9.53 Å². The Bertz CT molecular complexity index is 608. The maximum absolute atomic E-state index is 12.1. The molecule has 0 aliphatic heterocycles. The Kier molecular flexibility index (Phi) is 6.56. The van der Waals surface area contributed by atoms with Crippen molar-refractivity contribution in [2.45, 2.75) is 38.6 Å². The maximum atomic E-state index is 12.1. The summed E-state index contributed by atoms with van der Waals surface area (Å²) in [5.74, 6) is 6.55. The van der Waals surface area contributed by atoms with E-state index in [4.69, 9.17) is 9.47 Å². The van der Waals surface area contributed by atoms with Crippen molar-refractivity contribution < 1.29 is 14.3 Å². The lowest BCUT2D eigenvalue weighted by Crippen LogP contribution is -2.30. The third-order valence-corrected chi connectivity index (χ3v) is 3.59. The first kappa shape index (κ1) is 17.0. The third kappa shape index (κ3) is 5.37. The van der Waals surface area contributed by atoms with Crippen LogP contribution in [0.5, 0.6) is 5.75 Å². The molecule has 0 amide bonds. The molecule has 0 aromatic heterocycles. The minimum atomic E-state index is -0.675. The number of hydrogen-bond acceptors (Lipinski definition) is 4. The number of anilines is 1. The quantitative estimate of drug-likeness (QED) is 0.667. The van der Waals surface area contributed by atoms with Crippen LogP contribution in [0.1, 0.15) is 32.6 Å². The van der Waals surface area contributed by atoms with Gasteiger partial charge in [0.1, 0.15) is 5.75 Å². The van der Waals surface area contributed by atoms with Gasteiger partial charge in [0.05, 0.1) is 13.7 Å². The van der Waals surface area contributed by atoms with Crippen molar-refractivity contribution in [3.05, 3.63) is 35.9 Å². The van der Waals surface area contributed by atoms with Gasteiger partial charge in [-0.15, -0.1) is 0 Å². The molecule has 1 N–H and O–H groups in total. The number of nitrogens with one attached hydrogen (secondary N) is 1. The summed E-state index contributed by atoms with van der Waals surface area (Å²) in [4.78, 5) is 12.1. The monoisotopic (exact) mass is 313 g/mol. The fourth-order valence-corrected chi connectivity index (χ4v) is 2.35. The molecule has 1 atom stereocenters. The van der Waals surface area contributed by atoms with Crippen LogP contribution < -0.4 is 10.1 Å². The molecule has 0 bridgehead atoms. The summed E-state index contributed by atoms with van der Waals surface area (Å²) >= 11 is 0. The lowest BCUT2D eigenvalue weighted by Gasteiger charge is -2.14. The van der Waals surface area contributed by atoms with Gasteiger partial charge in [-0.2, -0.15) is 0 Å². The molecule has 4 nitrogen and oxygen atoms in total. The molecule has 0 saturated carbocycles. The number of carbonyl (C=O) groups is 1. The van der Waals surface area contributed by atoms with Gasteiger partial charge in [-0.25, -0.2) is 4.79 Å². The highest BCUT2D eigenvalue weighted by atomic mass is 16.5. The normalized spacial score (nSPS) is 14.8. The van der Waals surface area contributed by atoms with E-state index in [0.29, 0.717) is 6.61 Å². The summed E-state index contributed by atoms with van der Waals surface area (Å²) < 4.78 is 10.2. The van der Waals surface area contributed by atoms with Gasteiger partial charge < -0.3 is 14.8 Å². The molecule has 0 fully saturated rings. The maximum Gasteiger partial charge on any atom is 0.341 e. The Balaban J connectivity index is 2.11. The summed E-state index contributed by atoms with van der Waals surface area (Å²) in [6, 6.07) is 6.70. The predicted octanol–water partition coefficient (Wildman–Crippen LogP) is 3.54. The highest BCUT2D eigenvalue weighted by Crippen LogP contribution is 2.18. The SMILES string of the molecule is CCOC(=O)[C@H](C#CC1=CCCCC1)Nc1ccc(OC)cc1. The number of methoxy groups -OCH3 is 1. The molecule has 0 unspecified atom stereocenters. The molecule has 1 aromatic rings. The van der Waals surface area contributed by atoms with E-state index >= 15 is 0 Å². The molecule has 0 radical (unpaired) electrons. The first-order valence-corrected chi connectivity index (χ1v) is 8.00. The first-order chi connectivity index (χ1) is 11.2. The second-order valence-corrected chi connectivity index (χ2v) is 5.30. The fourth-order valence-electron chi connectivity index (χ4n) is 2.35. The molecule has 0 saturated heterocycles. The number of allylic oxidation sites excluding steroid dienone is 2. The van der Waals surface area contributed by atoms with Crippen molar-refractivity contribution in [3.8, 4) is 17.6 Å². The van der Waals surface area contributed by atoms with Gasteiger partial charge in [0.15, 0.2) is 6.04 Å². The van der Waals surface area contributed by atoms with Crippen LogP contribution in [-0.4, -0.2) is 25.7 Å². The summed E-state index contributed by atoms with van der Waals surface area (Å²) in [6.07, 6.45) is 6.60. The summed E-state index contributed by atoms with van der Waals surface area (Å²) in [5.41, 5.74) is 1.91. The summed E-state index contributed by atoms with van der Waals surface area (Å²) in [6.45, 7) is 2.13. The van der Waals surface area contributed by atoms with Crippen molar-refractivity contribution in [3.63, 3.8) is 0 Å². The molecule has 1 aliphatic carbocycles. The van der Waals surface area contributed by atoms with Crippen LogP contribution >= 0.6 is 0 Å². The van der Waals surface area contributed by atoms with E-state index in [1.807, 2.05) is 24.3 Å². The number of benzene rings is 1. The molecule has 1 aliphatic rings. The Morgan fingerprint density at radius 2 is 2.09 bits per heavy atom. The molecule has 4 heteroatoms. The van der Waals surface area contributed by atoms with Gasteiger partial charge in [0.25, 0.3) is 0 Å². The van der Waals surface area contributed by atoms with E-state index in [-0.39, 0.29) is 5.97 Å². The first-order valence-electron chi connectivity index (χ1n) is 8.00. The second kappa shape index (κ2) is 8.89. The van der Waals surface area contributed by atoms with Crippen LogP contribution in [0.2, 0.25) is 0 Å². The Morgan fingerprint density at radius 1 is 1.30 bits per heavy atom. The third-order valence-electron chi connectivity index (χ3n) is 3.59. The Labute approximate surface area is 137 Å². The van der Waals surface area contributed by atoms with E-state index in [1.165, 1.54) is 6.42 Å². The molecule has 0 spiro atoms. The molecule has 23 heavy (non-hydrogen) atoms. The lowest BCUT2D eigenvalue weighted by molar-refractivity contribution is -0.142. The van der Waals surface area contributed by atoms with Gasteiger partial charge in [0.2, 0.25) is 0 Å². The van der Waals surface area contributed by atoms with Gasteiger partial charge in [-0.05, 0) is 62.4 Å².